The van der Waals surface area contributed by atoms with Gasteiger partial charge in [-0.3, -0.25) is 4.99 Å². The van der Waals surface area contributed by atoms with Gasteiger partial charge in [-0.05, 0) is 41.7 Å². The lowest BCUT2D eigenvalue weighted by Gasteiger charge is -2.00. The molecule has 0 aromatic carbocycles. The van der Waals surface area contributed by atoms with Crippen molar-refractivity contribution >= 4 is 28.2 Å². The van der Waals surface area contributed by atoms with E-state index >= 15 is 0 Å². The normalized spacial score (nSPS) is 12.0. The molecule has 1 heterocycles. The second-order valence-corrected chi connectivity index (χ2v) is 3.43. The minimum Gasteiger partial charge on any atom is -0.272 e. The number of aliphatic imine (C=N–C) groups is 1. The molecule has 0 fully saturated rings. The molecule has 1 aromatic heterocycles. The first kappa shape index (κ1) is 10.9. The van der Waals surface area contributed by atoms with Crippen LogP contribution in [0.2, 0.25) is 0 Å². The van der Waals surface area contributed by atoms with Crippen molar-refractivity contribution in [2.75, 3.05) is 0 Å². The number of nitrogens with zero attached hydrogens (tertiary/aromatic N) is 2. The number of rotatable bonds is 3. The lowest BCUT2D eigenvalue weighted by Crippen LogP contribution is -1.86. The maximum atomic E-state index is 4.32. The van der Waals surface area contributed by atoms with Gasteiger partial charge in [-0.1, -0.05) is 18.2 Å². The molecule has 0 radical (unpaired) electrons. The van der Waals surface area contributed by atoms with Crippen LogP contribution in [-0.4, -0.2) is 11.7 Å². The van der Waals surface area contributed by atoms with E-state index in [1.807, 2.05) is 37.3 Å². The van der Waals surface area contributed by atoms with E-state index in [0.717, 1.165) is 15.9 Å². The van der Waals surface area contributed by atoms with Gasteiger partial charge in [-0.2, -0.15) is 0 Å². The predicted molar refractivity (Wildman–Crippen MR) is 64.3 cm³/mol. The summed E-state index contributed by atoms with van der Waals surface area (Å²) in [7, 11) is 0. The van der Waals surface area contributed by atoms with Crippen LogP contribution in [0.15, 0.2) is 46.1 Å². The molecular weight excluding hydrogens is 240 g/mol. The molecule has 3 heteroatoms. The van der Waals surface area contributed by atoms with Crippen LogP contribution in [0.4, 0.5) is 0 Å². The molecule has 0 aliphatic heterocycles. The Hall–Kier alpha value is -1.22. The predicted octanol–water partition coefficient (Wildman–Crippen LogP) is 3.46. The summed E-state index contributed by atoms with van der Waals surface area (Å²) in [6.45, 7) is 5.38. The van der Waals surface area contributed by atoms with E-state index in [0.29, 0.717) is 0 Å². The molecule has 0 bridgehead atoms. The fourth-order valence-electron chi connectivity index (χ4n) is 1.04. The van der Waals surface area contributed by atoms with Crippen molar-refractivity contribution < 1.29 is 0 Å². The van der Waals surface area contributed by atoms with Gasteiger partial charge in [0.25, 0.3) is 0 Å². The molecule has 0 aliphatic rings. The Bertz CT molecular complexity index is 381. The van der Waals surface area contributed by atoms with Crippen LogP contribution in [0.3, 0.4) is 0 Å². The molecule has 0 N–H and O–H groups in total. The Balaban J connectivity index is 3.11. The summed E-state index contributed by atoms with van der Waals surface area (Å²) in [4.78, 5) is 8.06. The van der Waals surface area contributed by atoms with Gasteiger partial charge in [0.2, 0.25) is 0 Å². The van der Waals surface area contributed by atoms with Crippen LogP contribution in [-0.2, 0) is 0 Å². The monoisotopic (exact) mass is 250 g/mol. The van der Waals surface area contributed by atoms with E-state index in [9.17, 15) is 0 Å². The van der Waals surface area contributed by atoms with Crippen LogP contribution < -0.4 is 0 Å². The van der Waals surface area contributed by atoms with Gasteiger partial charge in [0.1, 0.15) is 4.60 Å². The third-order valence-corrected chi connectivity index (χ3v) is 2.03. The molecule has 1 aromatic rings. The van der Waals surface area contributed by atoms with Crippen LogP contribution in [0.1, 0.15) is 12.6 Å². The van der Waals surface area contributed by atoms with Gasteiger partial charge in [-0.25, -0.2) is 4.98 Å². The SMILES string of the molecule is C=N/C=C(\C=C/C)c1cccc(Br)n1. The Labute approximate surface area is 92.2 Å². The van der Waals surface area contributed by atoms with E-state index in [1.165, 1.54) is 0 Å². The molecule has 2 nitrogen and oxygen atoms in total. The molecule has 0 unspecified atom stereocenters. The highest BCUT2D eigenvalue weighted by Gasteiger charge is 1.98. The van der Waals surface area contributed by atoms with Crippen LogP contribution >= 0.6 is 15.9 Å². The standard InChI is InChI=1S/C11H11BrN2/c1-3-5-9(8-13-2)10-6-4-7-11(12)14-10/h3-8H,2H2,1H3/b5-3-,9-8+. The molecule has 0 aliphatic carbocycles. The van der Waals surface area contributed by atoms with Crippen LogP contribution in [0.25, 0.3) is 5.57 Å². The third kappa shape index (κ3) is 2.92. The number of pyridine rings is 1. The van der Waals surface area contributed by atoms with Gasteiger partial charge in [0.05, 0.1) is 5.69 Å². The highest BCUT2D eigenvalue weighted by molar-refractivity contribution is 9.10. The maximum Gasteiger partial charge on any atom is 0.106 e. The minimum atomic E-state index is 0.814. The zero-order chi connectivity index (χ0) is 10.4. The van der Waals surface area contributed by atoms with Crippen molar-refractivity contribution in [1.82, 2.24) is 4.98 Å². The van der Waals surface area contributed by atoms with Gasteiger partial charge < -0.3 is 0 Å². The zero-order valence-electron chi connectivity index (χ0n) is 7.94. The van der Waals surface area contributed by atoms with Crippen LogP contribution in [0, 0.1) is 0 Å². The Morgan fingerprint density at radius 3 is 2.93 bits per heavy atom. The van der Waals surface area contributed by atoms with E-state index in [-0.39, 0.29) is 0 Å². The number of aromatic nitrogens is 1. The summed E-state index contributed by atoms with van der Waals surface area (Å²) in [5.41, 5.74) is 1.83. The fraction of sp³-hybridized carbons (Fsp3) is 0.0909. The number of hydrogen-bond acceptors (Lipinski definition) is 2. The first-order chi connectivity index (χ1) is 6.77. The van der Waals surface area contributed by atoms with E-state index in [2.05, 4.69) is 32.6 Å². The van der Waals surface area contributed by atoms with Gasteiger partial charge in [0.15, 0.2) is 0 Å². The Kier molecular flexibility index (Phi) is 4.26. The summed E-state index contributed by atoms with van der Waals surface area (Å²) in [5, 5.41) is 0. The highest BCUT2D eigenvalue weighted by Crippen LogP contribution is 2.16. The minimum absolute atomic E-state index is 0.814. The molecule has 0 atom stereocenters. The smallest absolute Gasteiger partial charge is 0.106 e. The van der Waals surface area contributed by atoms with Crippen molar-refractivity contribution in [3.63, 3.8) is 0 Å². The molecule has 0 saturated carbocycles. The summed E-state index contributed by atoms with van der Waals surface area (Å²) in [6.07, 6.45) is 5.58. The zero-order valence-corrected chi connectivity index (χ0v) is 9.53. The average molecular weight is 251 g/mol. The molecule has 0 spiro atoms. The number of allylic oxidation sites excluding steroid dienone is 3. The van der Waals surface area contributed by atoms with E-state index in [4.69, 9.17) is 0 Å². The van der Waals surface area contributed by atoms with Crippen molar-refractivity contribution in [3.05, 3.63) is 46.8 Å². The first-order valence-corrected chi connectivity index (χ1v) is 4.99. The van der Waals surface area contributed by atoms with Crippen LogP contribution in [0.5, 0.6) is 0 Å². The Morgan fingerprint density at radius 2 is 2.36 bits per heavy atom. The summed E-state index contributed by atoms with van der Waals surface area (Å²) < 4.78 is 0.814. The second-order valence-electron chi connectivity index (χ2n) is 2.61. The molecule has 14 heavy (non-hydrogen) atoms. The summed E-state index contributed by atoms with van der Waals surface area (Å²) in [5.74, 6) is 0. The molecular formula is C11H11BrN2. The summed E-state index contributed by atoms with van der Waals surface area (Å²) in [6, 6.07) is 5.76. The lowest BCUT2D eigenvalue weighted by molar-refractivity contribution is 1.23. The lowest BCUT2D eigenvalue weighted by atomic mass is 10.2. The third-order valence-electron chi connectivity index (χ3n) is 1.59. The number of halogens is 1. The van der Waals surface area contributed by atoms with Crippen molar-refractivity contribution in [2.24, 2.45) is 4.99 Å². The van der Waals surface area contributed by atoms with Crippen molar-refractivity contribution in [3.8, 4) is 0 Å². The topological polar surface area (TPSA) is 25.2 Å². The van der Waals surface area contributed by atoms with E-state index in [1.54, 1.807) is 6.20 Å². The van der Waals surface area contributed by atoms with Gasteiger partial charge in [0, 0.05) is 11.8 Å². The molecule has 72 valence electrons. The second kappa shape index (κ2) is 5.50. The largest absolute Gasteiger partial charge is 0.272 e. The van der Waals surface area contributed by atoms with Crippen molar-refractivity contribution in [2.45, 2.75) is 6.92 Å². The van der Waals surface area contributed by atoms with Gasteiger partial charge in [-0.15, -0.1) is 0 Å². The van der Waals surface area contributed by atoms with Crippen molar-refractivity contribution in [1.29, 1.82) is 0 Å². The Morgan fingerprint density at radius 1 is 1.57 bits per heavy atom. The molecule has 1 rings (SSSR count). The fourth-order valence-corrected chi connectivity index (χ4v) is 1.39. The van der Waals surface area contributed by atoms with E-state index < -0.39 is 0 Å². The van der Waals surface area contributed by atoms with Gasteiger partial charge >= 0.3 is 0 Å². The molecule has 0 amide bonds. The highest BCUT2D eigenvalue weighted by atomic mass is 79.9. The quantitative estimate of drug-likeness (QED) is 0.458. The first-order valence-electron chi connectivity index (χ1n) is 4.19. The summed E-state index contributed by atoms with van der Waals surface area (Å²) >= 11 is 3.32. The maximum absolute atomic E-state index is 4.32. The molecule has 0 saturated heterocycles. The average Bonchev–Trinajstić information content (AvgIpc) is 2.17. The number of hydrogen-bond donors (Lipinski definition) is 0.